The summed E-state index contributed by atoms with van der Waals surface area (Å²) in [6.07, 6.45) is 1.96. The van der Waals surface area contributed by atoms with Crippen molar-refractivity contribution in [3.8, 4) is 0 Å². The maximum absolute atomic E-state index is 11.4. The first-order chi connectivity index (χ1) is 6.91. The van der Waals surface area contributed by atoms with Crippen molar-refractivity contribution in [3.05, 3.63) is 0 Å². The highest BCUT2D eigenvalue weighted by Crippen LogP contribution is 2.28. The quantitative estimate of drug-likeness (QED) is 0.714. The van der Waals surface area contributed by atoms with Crippen LogP contribution in [-0.4, -0.2) is 29.2 Å². The van der Waals surface area contributed by atoms with E-state index in [9.17, 15) is 9.59 Å². The third-order valence-corrected chi connectivity index (χ3v) is 3.07. The van der Waals surface area contributed by atoms with Crippen molar-refractivity contribution in [3.63, 3.8) is 0 Å². The number of hydrogen-bond donors (Lipinski definition) is 0. The van der Waals surface area contributed by atoms with Gasteiger partial charge in [-0.3, -0.25) is 9.59 Å². The molecule has 1 heterocycles. The first kappa shape index (κ1) is 12.2. The van der Waals surface area contributed by atoms with Gasteiger partial charge in [-0.1, -0.05) is 13.8 Å². The molecule has 1 fully saturated rings. The molecule has 1 rings (SSSR count). The zero-order chi connectivity index (χ0) is 11.6. The second-order valence-electron chi connectivity index (χ2n) is 5.03. The second-order valence-corrected chi connectivity index (χ2v) is 5.03. The molecule has 0 aromatic rings. The third kappa shape index (κ3) is 3.05. The fourth-order valence-corrected chi connectivity index (χ4v) is 2.49. The largest absolute Gasteiger partial charge is 0.333 e. The molecule has 15 heavy (non-hydrogen) atoms. The molecular formula is C12H21NO2. The minimum Gasteiger partial charge on any atom is -0.333 e. The normalized spacial score (nSPS) is 26.1. The molecule has 1 amide bonds. The van der Waals surface area contributed by atoms with Crippen molar-refractivity contribution in [1.29, 1.82) is 0 Å². The van der Waals surface area contributed by atoms with Gasteiger partial charge in [0, 0.05) is 13.5 Å². The monoisotopic (exact) mass is 211 g/mol. The predicted octanol–water partition coefficient (Wildman–Crippen LogP) is 1.86. The topological polar surface area (TPSA) is 37.4 Å². The van der Waals surface area contributed by atoms with Gasteiger partial charge in [-0.25, -0.2) is 0 Å². The van der Waals surface area contributed by atoms with E-state index in [1.54, 1.807) is 18.7 Å². The molecule has 0 aliphatic carbocycles. The Balaban J connectivity index is 2.65. The summed E-state index contributed by atoms with van der Waals surface area (Å²) in [5, 5.41) is 0. The number of Topliss-reactive ketones (excluding diaryl/α,β-unsaturated/α-hetero) is 1. The van der Waals surface area contributed by atoms with Crippen molar-refractivity contribution < 1.29 is 9.59 Å². The number of amides is 1. The van der Waals surface area contributed by atoms with E-state index in [1.807, 2.05) is 0 Å². The van der Waals surface area contributed by atoms with Gasteiger partial charge in [0.05, 0.1) is 6.04 Å². The van der Waals surface area contributed by atoms with E-state index < -0.39 is 0 Å². The molecule has 1 saturated heterocycles. The Morgan fingerprint density at radius 2 is 1.93 bits per heavy atom. The number of likely N-dealkylation sites (tertiary alicyclic amines) is 1. The van der Waals surface area contributed by atoms with Gasteiger partial charge < -0.3 is 4.90 Å². The summed E-state index contributed by atoms with van der Waals surface area (Å²) in [5.74, 6) is 1.29. The highest BCUT2D eigenvalue weighted by atomic mass is 16.2. The summed E-state index contributed by atoms with van der Waals surface area (Å²) in [5.41, 5.74) is 0. The van der Waals surface area contributed by atoms with Gasteiger partial charge >= 0.3 is 0 Å². The molecule has 2 atom stereocenters. The number of carbonyl (C=O) groups excluding carboxylic acids is 2. The summed E-state index contributed by atoms with van der Waals surface area (Å²) >= 11 is 0. The average molecular weight is 211 g/mol. The zero-order valence-corrected chi connectivity index (χ0v) is 10.1. The Morgan fingerprint density at radius 1 is 1.33 bits per heavy atom. The maximum atomic E-state index is 11.4. The fourth-order valence-electron chi connectivity index (χ4n) is 2.49. The van der Waals surface area contributed by atoms with E-state index in [2.05, 4.69) is 13.8 Å². The van der Waals surface area contributed by atoms with Gasteiger partial charge in [0.2, 0.25) is 5.91 Å². The van der Waals surface area contributed by atoms with E-state index in [1.165, 1.54) is 0 Å². The minimum absolute atomic E-state index is 0.0291. The molecule has 0 radical (unpaired) electrons. The first-order valence-electron chi connectivity index (χ1n) is 5.69. The van der Waals surface area contributed by atoms with Crippen molar-refractivity contribution in [1.82, 2.24) is 4.90 Å². The molecule has 1 aliphatic rings. The maximum Gasteiger partial charge on any atom is 0.220 e. The molecule has 0 aromatic heterocycles. The number of nitrogens with zero attached hydrogens (tertiary/aromatic N) is 1. The van der Waals surface area contributed by atoms with Crippen molar-refractivity contribution in [2.75, 3.05) is 6.54 Å². The number of rotatable bonds is 3. The molecule has 3 heteroatoms. The summed E-state index contributed by atoms with van der Waals surface area (Å²) in [4.78, 5) is 24.5. The molecule has 1 aliphatic heterocycles. The van der Waals surface area contributed by atoms with Gasteiger partial charge in [-0.2, -0.15) is 0 Å². The number of hydrogen-bond acceptors (Lipinski definition) is 2. The standard InChI is InChI=1S/C12H21NO2/c1-8(2)5-11-6-12(9(3)14)13(7-11)10(4)15/h8,11-12H,5-7H2,1-4H3/t11?,12-/m0/s1. The van der Waals surface area contributed by atoms with Crippen LogP contribution < -0.4 is 0 Å². The second kappa shape index (κ2) is 4.77. The lowest BCUT2D eigenvalue weighted by atomic mass is 9.94. The van der Waals surface area contributed by atoms with Gasteiger partial charge in [0.15, 0.2) is 5.78 Å². The summed E-state index contributed by atoms with van der Waals surface area (Å²) in [6, 6.07) is -0.161. The van der Waals surface area contributed by atoms with Crippen LogP contribution in [0.2, 0.25) is 0 Å². The van der Waals surface area contributed by atoms with E-state index in [0.29, 0.717) is 11.8 Å². The summed E-state index contributed by atoms with van der Waals surface area (Å²) in [6.45, 7) is 8.25. The molecular weight excluding hydrogens is 190 g/mol. The molecule has 0 N–H and O–H groups in total. The molecule has 0 bridgehead atoms. The number of carbonyl (C=O) groups is 2. The Bertz CT molecular complexity index is 238. The molecule has 0 saturated carbocycles. The lowest BCUT2D eigenvalue weighted by Crippen LogP contribution is -2.38. The first-order valence-corrected chi connectivity index (χ1v) is 5.69. The van der Waals surface area contributed by atoms with Crippen molar-refractivity contribution in [2.45, 2.75) is 46.6 Å². The zero-order valence-electron chi connectivity index (χ0n) is 10.1. The Labute approximate surface area is 91.8 Å². The minimum atomic E-state index is -0.161. The molecule has 1 unspecified atom stereocenters. The third-order valence-electron chi connectivity index (χ3n) is 3.07. The smallest absolute Gasteiger partial charge is 0.220 e. The van der Waals surface area contributed by atoms with Crippen molar-refractivity contribution in [2.24, 2.45) is 11.8 Å². The van der Waals surface area contributed by atoms with Gasteiger partial charge in [0.1, 0.15) is 0 Å². The van der Waals surface area contributed by atoms with E-state index in [-0.39, 0.29) is 17.7 Å². The summed E-state index contributed by atoms with van der Waals surface area (Å²) < 4.78 is 0. The summed E-state index contributed by atoms with van der Waals surface area (Å²) in [7, 11) is 0. The lowest BCUT2D eigenvalue weighted by molar-refractivity contribution is -0.135. The Kier molecular flexibility index (Phi) is 3.89. The SMILES string of the molecule is CC(=O)[C@@H]1CC(CC(C)C)CN1C(C)=O. The molecule has 86 valence electrons. The van der Waals surface area contributed by atoms with Gasteiger partial charge in [-0.05, 0) is 31.6 Å². The van der Waals surface area contributed by atoms with Crippen LogP contribution in [0.3, 0.4) is 0 Å². The average Bonchev–Trinajstić information content (AvgIpc) is 2.46. The van der Waals surface area contributed by atoms with E-state index in [0.717, 1.165) is 19.4 Å². The molecule has 0 spiro atoms. The number of ketones is 1. The molecule has 0 aromatic carbocycles. The fraction of sp³-hybridized carbons (Fsp3) is 0.833. The highest BCUT2D eigenvalue weighted by molar-refractivity contribution is 5.87. The van der Waals surface area contributed by atoms with E-state index in [4.69, 9.17) is 0 Å². The highest BCUT2D eigenvalue weighted by Gasteiger charge is 2.36. The van der Waals surface area contributed by atoms with Gasteiger partial charge in [-0.15, -0.1) is 0 Å². The van der Waals surface area contributed by atoms with Crippen molar-refractivity contribution >= 4 is 11.7 Å². The Morgan fingerprint density at radius 3 is 2.27 bits per heavy atom. The molecule has 3 nitrogen and oxygen atoms in total. The van der Waals surface area contributed by atoms with Gasteiger partial charge in [0.25, 0.3) is 0 Å². The van der Waals surface area contributed by atoms with Crippen LogP contribution in [0.4, 0.5) is 0 Å². The van der Waals surface area contributed by atoms with Crippen LogP contribution in [-0.2, 0) is 9.59 Å². The van der Waals surface area contributed by atoms with Crippen LogP contribution in [0.5, 0.6) is 0 Å². The lowest BCUT2D eigenvalue weighted by Gasteiger charge is -2.20. The van der Waals surface area contributed by atoms with Crippen LogP contribution in [0, 0.1) is 11.8 Å². The van der Waals surface area contributed by atoms with Crippen LogP contribution in [0.25, 0.3) is 0 Å². The van der Waals surface area contributed by atoms with Crippen LogP contribution in [0.15, 0.2) is 0 Å². The predicted molar refractivity (Wildman–Crippen MR) is 59.4 cm³/mol. The van der Waals surface area contributed by atoms with E-state index >= 15 is 0 Å². The van der Waals surface area contributed by atoms with Crippen LogP contribution >= 0.6 is 0 Å². The Hall–Kier alpha value is -0.860. The van der Waals surface area contributed by atoms with Crippen LogP contribution in [0.1, 0.15) is 40.5 Å².